The quantitative estimate of drug-likeness (QED) is 0.238. The molecule has 6 aromatic rings. The molecule has 4 N–H and O–H groups in total. The van der Waals surface area contributed by atoms with Gasteiger partial charge >= 0.3 is 0 Å². The minimum atomic E-state index is 0.551. The lowest BCUT2D eigenvalue weighted by Crippen LogP contribution is -2.03. The molecule has 0 aliphatic rings. The fourth-order valence-corrected chi connectivity index (χ4v) is 4.26. The van der Waals surface area contributed by atoms with Crippen LogP contribution in [0.25, 0.3) is 45.7 Å². The molecule has 0 spiro atoms. The SMILES string of the molecule is C=Cn1cccc1-c1c[nH]c(/N=c2\ncnc(Nc3cc(-c4cccn4C=C)c[nH]3)c3c[nH]cc23)c1. The number of aromatic amines is 3. The fraction of sp³-hybridized carbons (Fsp3) is 0. The minimum absolute atomic E-state index is 0.551. The van der Waals surface area contributed by atoms with E-state index in [1.165, 1.54) is 6.33 Å². The van der Waals surface area contributed by atoms with Crippen molar-refractivity contribution in [1.29, 1.82) is 0 Å². The molecule has 0 amide bonds. The maximum atomic E-state index is 4.76. The third-order valence-corrected chi connectivity index (χ3v) is 5.98. The van der Waals surface area contributed by atoms with Crippen LogP contribution in [0.15, 0.2) is 98.1 Å². The van der Waals surface area contributed by atoms with E-state index in [1.807, 2.05) is 82.7 Å². The topological polar surface area (TPSA) is 107 Å². The smallest absolute Gasteiger partial charge is 0.165 e. The number of aromatic nitrogens is 7. The van der Waals surface area contributed by atoms with Gasteiger partial charge in [-0.15, -0.1) is 0 Å². The largest absolute Gasteiger partial charge is 0.366 e. The van der Waals surface area contributed by atoms with Gasteiger partial charge in [0.2, 0.25) is 0 Å². The zero-order chi connectivity index (χ0) is 24.5. The summed E-state index contributed by atoms with van der Waals surface area (Å²) in [7, 11) is 0. The van der Waals surface area contributed by atoms with Crippen molar-refractivity contribution in [3.8, 4) is 22.5 Å². The van der Waals surface area contributed by atoms with Crippen molar-refractivity contribution in [1.82, 2.24) is 34.1 Å². The van der Waals surface area contributed by atoms with Crippen LogP contribution in [0.5, 0.6) is 0 Å². The minimum Gasteiger partial charge on any atom is -0.366 e. The van der Waals surface area contributed by atoms with Crippen LogP contribution in [-0.2, 0) is 0 Å². The van der Waals surface area contributed by atoms with Gasteiger partial charge in [0, 0.05) is 71.5 Å². The molecule has 0 saturated heterocycles. The predicted octanol–water partition coefficient (Wildman–Crippen LogP) is 5.73. The number of rotatable bonds is 7. The Morgan fingerprint density at radius 3 is 2.28 bits per heavy atom. The lowest BCUT2D eigenvalue weighted by Gasteiger charge is -2.02. The Kier molecular flexibility index (Phi) is 5.19. The molecule has 0 fully saturated rings. The first-order chi connectivity index (χ1) is 17.7. The summed E-state index contributed by atoms with van der Waals surface area (Å²) in [5.41, 5.74) is 4.66. The van der Waals surface area contributed by atoms with E-state index in [4.69, 9.17) is 4.99 Å². The first-order valence-electron chi connectivity index (χ1n) is 11.3. The monoisotopic (exact) mass is 473 g/mol. The summed E-state index contributed by atoms with van der Waals surface area (Å²) in [6.45, 7) is 7.71. The number of hydrogen-bond acceptors (Lipinski definition) is 4. The molecule has 0 radical (unpaired) electrons. The fourth-order valence-electron chi connectivity index (χ4n) is 4.26. The van der Waals surface area contributed by atoms with E-state index in [-0.39, 0.29) is 0 Å². The highest BCUT2D eigenvalue weighted by Gasteiger charge is 2.10. The molecule has 0 bridgehead atoms. The van der Waals surface area contributed by atoms with Crippen molar-refractivity contribution in [3.63, 3.8) is 0 Å². The number of nitrogens with zero attached hydrogens (tertiary/aromatic N) is 5. The van der Waals surface area contributed by atoms with Gasteiger partial charge in [0.15, 0.2) is 5.49 Å². The third kappa shape index (κ3) is 3.74. The van der Waals surface area contributed by atoms with Crippen LogP contribution in [0, 0.1) is 0 Å². The summed E-state index contributed by atoms with van der Waals surface area (Å²) in [6, 6.07) is 12.0. The molecule has 0 unspecified atom stereocenters. The molecule has 6 rings (SSSR count). The van der Waals surface area contributed by atoms with Crippen molar-refractivity contribution in [3.05, 3.63) is 98.6 Å². The Morgan fingerprint density at radius 1 is 0.833 bits per heavy atom. The van der Waals surface area contributed by atoms with Gasteiger partial charge in [-0.3, -0.25) is 0 Å². The number of fused-ring (bicyclic) bond motifs is 1. The first kappa shape index (κ1) is 21.2. The molecule has 6 aromatic heterocycles. The van der Waals surface area contributed by atoms with E-state index in [1.54, 1.807) is 12.4 Å². The van der Waals surface area contributed by atoms with Crippen molar-refractivity contribution in [2.75, 3.05) is 5.32 Å². The van der Waals surface area contributed by atoms with Gasteiger partial charge in [-0.05, 0) is 36.4 Å². The zero-order valence-electron chi connectivity index (χ0n) is 19.3. The number of H-pyrrole nitrogens is 3. The standard InChI is InChI=1S/C27H23N9/c1-3-35-9-5-7-22(35)18-11-24(29-13-18)33-26-20-15-28-16-21(20)27(32-17-31-26)34-25-12-19(14-30-25)23-8-6-10-36(23)4-2/h3-17,28-30H,1-2H2,(H,31,32,33,34). The average molecular weight is 474 g/mol. The molecule has 0 saturated carbocycles. The van der Waals surface area contributed by atoms with Crippen molar-refractivity contribution in [2.45, 2.75) is 0 Å². The summed E-state index contributed by atoms with van der Waals surface area (Å²) in [6.07, 6.45) is 16.6. The molecule has 36 heavy (non-hydrogen) atoms. The van der Waals surface area contributed by atoms with E-state index in [0.717, 1.165) is 39.1 Å². The highest BCUT2D eigenvalue weighted by molar-refractivity contribution is 5.91. The van der Waals surface area contributed by atoms with Crippen molar-refractivity contribution in [2.24, 2.45) is 4.99 Å². The predicted molar refractivity (Wildman–Crippen MR) is 144 cm³/mol. The normalized spacial score (nSPS) is 11.7. The molecule has 0 aliphatic heterocycles. The van der Waals surface area contributed by atoms with Gasteiger partial charge in [0.1, 0.15) is 23.8 Å². The molecule has 176 valence electrons. The Balaban J connectivity index is 1.35. The molecule has 0 atom stereocenters. The van der Waals surface area contributed by atoms with Gasteiger partial charge < -0.3 is 29.4 Å². The molecule has 9 heteroatoms. The van der Waals surface area contributed by atoms with E-state index < -0.39 is 0 Å². The zero-order valence-corrected chi connectivity index (χ0v) is 19.3. The van der Waals surface area contributed by atoms with Crippen molar-refractivity contribution < 1.29 is 0 Å². The van der Waals surface area contributed by atoms with Gasteiger partial charge in [-0.1, -0.05) is 13.2 Å². The first-order valence-corrected chi connectivity index (χ1v) is 11.3. The van der Waals surface area contributed by atoms with Crippen LogP contribution in [-0.4, -0.2) is 34.1 Å². The highest BCUT2D eigenvalue weighted by Crippen LogP contribution is 2.27. The average Bonchev–Trinajstić information content (AvgIpc) is 3.71. The van der Waals surface area contributed by atoms with Crippen LogP contribution < -0.4 is 10.8 Å². The lowest BCUT2D eigenvalue weighted by molar-refractivity contribution is 1.12. The second kappa shape index (κ2) is 8.80. The number of hydrogen-bond donors (Lipinski definition) is 4. The Labute approximate surface area is 206 Å². The van der Waals surface area contributed by atoms with Crippen LogP contribution >= 0.6 is 0 Å². The van der Waals surface area contributed by atoms with Crippen LogP contribution in [0.2, 0.25) is 0 Å². The van der Waals surface area contributed by atoms with Gasteiger partial charge in [0.05, 0.1) is 11.4 Å². The molecule has 0 aromatic carbocycles. The summed E-state index contributed by atoms with van der Waals surface area (Å²) in [5.74, 6) is 2.15. The van der Waals surface area contributed by atoms with Crippen LogP contribution in [0.4, 0.5) is 17.5 Å². The summed E-state index contributed by atoms with van der Waals surface area (Å²) in [4.78, 5) is 23.5. The summed E-state index contributed by atoms with van der Waals surface area (Å²) >= 11 is 0. The van der Waals surface area contributed by atoms with E-state index >= 15 is 0 Å². The van der Waals surface area contributed by atoms with Crippen molar-refractivity contribution >= 4 is 40.6 Å². The lowest BCUT2D eigenvalue weighted by atomic mass is 10.2. The Morgan fingerprint density at radius 2 is 1.53 bits per heavy atom. The van der Waals surface area contributed by atoms with E-state index in [2.05, 4.69) is 43.4 Å². The third-order valence-electron chi connectivity index (χ3n) is 5.98. The second-order valence-corrected chi connectivity index (χ2v) is 8.11. The summed E-state index contributed by atoms with van der Waals surface area (Å²) in [5, 5.41) is 5.08. The van der Waals surface area contributed by atoms with E-state index in [0.29, 0.717) is 17.1 Å². The Bertz CT molecular complexity index is 1770. The maximum Gasteiger partial charge on any atom is 0.165 e. The molecular formula is C27H23N9. The molecular weight excluding hydrogens is 450 g/mol. The molecule has 0 aliphatic carbocycles. The highest BCUT2D eigenvalue weighted by atomic mass is 15.1. The number of nitrogens with one attached hydrogen (secondary N) is 4. The van der Waals surface area contributed by atoms with E-state index in [9.17, 15) is 0 Å². The summed E-state index contributed by atoms with van der Waals surface area (Å²) < 4.78 is 3.93. The second-order valence-electron chi connectivity index (χ2n) is 8.11. The maximum absolute atomic E-state index is 4.76. The molecule has 6 heterocycles. The van der Waals surface area contributed by atoms with Gasteiger partial charge in [-0.25, -0.2) is 15.0 Å². The molecule has 9 nitrogen and oxygen atoms in total. The van der Waals surface area contributed by atoms with Crippen LogP contribution in [0.1, 0.15) is 0 Å². The van der Waals surface area contributed by atoms with Crippen LogP contribution in [0.3, 0.4) is 0 Å². The number of anilines is 2. The van der Waals surface area contributed by atoms with Gasteiger partial charge in [-0.2, -0.15) is 0 Å². The van der Waals surface area contributed by atoms with Gasteiger partial charge in [0.25, 0.3) is 0 Å². The Hall–Kier alpha value is -5.31.